The molecule has 24 heavy (non-hydrogen) atoms. The fraction of sp³-hybridized carbons (Fsp3) is 0.222. The number of benzene rings is 2. The summed E-state index contributed by atoms with van der Waals surface area (Å²) in [4.78, 5) is 23.2. The van der Waals surface area contributed by atoms with Crippen molar-refractivity contribution in [3.05, 3.63) is 64.2 Å². The summed E-state index contributed by atoms with van der Waals surface area (Å²) in [6, 6.07) is 12.2. The zero-order chi connectivity index (χ0) is 17.5. The zero-order valence-electron chi connectivity index (χ0n) is 13.5. The summed E-state index contributed by atoms with van der Waals surface area (Å²) < 4.78 is 10.1. The fourth-order valence-corrected chi connectivity index (χ4v) is 2.16. The van der Waals surface area contributed by atoms with Crippen molar-refractivity contribution in [1.29, 1.82) is 0 Å². The van der Waals surface area contributed by atoms with Crippen LogP contribution in [-0.2, 0) is 16.1 Å². The molecular formula is C18H18ClNO4. The largest absolute Gasteiger partial charge is 0.482 e. The van der Waals surface area contributed by atoms with Crippen molar-refractivity contribution in [2.45, 2.75) is 13.5 Å². The van der Waals surface area contributed by atoms with Gasteiger partial charge in [0.05, 0.1) is 17.7 Å². The highest BCUT2D eigenvalue weighted by atomic mass is 35.5. The van der Waals surface area contributed by atoms with Gasteiger partial charge in [-0.05, 0) is 42.3 Å². The highest BCUT2D eigenvalue weighted by Gasteiger charge is 2.07. The zero-order valence-corrected chi connectivity index (χ0v) is 14.2. The van der Waals surface area contributed by atoms with E-state index in [9.17, 15) is 9.59 Å². The number of rotatable bonds is 6. The first-order valence-corrected chi connectivity index (χ1v) is 7.70. The number of carbonyl (C=O) groups is 2. The third-order valence-electron chi connectivity index (χ3n) is 3.31. The Kier molecular flexibility index (Phi) is 6.21. The lowest BCUT2D eigenvalue weighted by molar-refractivity contribution is -0.123. The first-order valence-electron chi connectivity index (χ1n) is 7.32. The van der Waals surface area contributed by atoms with E-state index in [0.717, 1.165) is 11.1 Å². The van der Waals surface area contributed by atoms with Crippen molar-refractivity contribution in [3.63, 3.8) is 0 Å². The van der Waals surface area contributed by atoms with Crippen LogP contribution < -0.4 is 10.1 Å². The van der Waals surface area contributed by atoms with Crippen LogP contribution in [0.5, 0.6) is 5.75 Å². The van der Waals surface area contributed by atoms with Gasteiger partial charge in [0.1, 0.15) is 5.75 Å². The number of halogens is 1. The highest BCUT2D eigenvalue weighted by molar-refractivity contribution is 6.32. The van der Waals surface area contributed by atoms with Gasteiger partial charge in [-0.15, -0.1) is 0 Å². The molecule has 0 aliphatic carbocycles. The van der Waals surface area contributed by atoms with Gasteiger partial charge in [0.25, 0.3) is 5.91 Å². The molecule has 0 aliphatic rings. The van der Waals surface area contributed by atoms with Gasteiger partial charge in [-0.2, -0.15) is 0 Å². The Morgan fingerprint density at radius 2 is 1.83 bits per heavy atom. The summed E-state index contributed by atoms with van der Waals surface area (Å²) in [7, 11) is 1.33. The maximum absolute atomic E-state index is 11.9. The summed E-state index contributed by atoms with van der Waals surface area (Å²) in [5.74, 6) is -0.173. The predicted molar refractivity (Wildman–Crippen MR) is 91.3 cm³/mol. The average molecular weight is 348 g/mol. The van der Waals surface area contributed by atoms with Crippen LogP contribution in [0.4, 0.5) is 0 Å². The molecule has 2 rings (SSSR count). The molecule has 0 heterocycles. The van der Waals surface area contributed by atoms with Gasteiger partial charge in [-0.3, -0.25) is 4.79 Å². The Hall–Kier alpha value is -2.53. The van der Waals surface area contributed by atoms with E-state index >= 15 is 0 Å². The molecule has 2 aromatic carbocycles. The summed E-state index contributed by atoms with van der Waals surface area (Å²) in [6.45, 7) is 2.13. The molecule has 0 unspecified atom stereocenters. The number of aryl methyl sites for hydroxylation is 1. The Morgan fingerprint density at radius 1 is 1.12 bits per heavy atom. The molecule has 1 amide bonds. The van der Waals surface area contributed by atoms with E-state index in [-0.39, 0.29) is 12.5 Å². The van der Waals surface area contributed by atoms with Crippen LogP contribution >= 0.6 is 11.6 Å². The average Bonchev–Trinajstić information content (AvgIpc) is 2.60. The number of carbonyl (C=O) groups excluding carboxylic acids is 2. The van der Waals surface area contributed by atoms with Crippen molar-refractivity contribution < 1.29 is 19.1 Å². The second kappa shape index (κ2) is 8.36. The fourth-order valence-electron chi connectivity index (χ4n) is 1.99. The van der Waals surface area contributed by atoms with Gasteiger partial charge in [0.2, 0.25) is 0 Å². The van der Waals surface area contributed by atoms with Crippen molar-refractivity contribution in [3.8, 4) is 5.75 Å². The van der Waals surface area contributed by atoms with Gasteiger partial charge < -0.3 is 14.8 Å². The molecule has 5 nitrogen and oxygen atoms in total. The third-order valence-corrected chi connectivity index (χ3v) is 3.62. The molecule has 0 saturated heterocycles. The molecule has 0 aliphatic heterocycles. The highest BCUT2D eigenvalue weighted by Crippen LogP contribution is 2.25. The number of hydrogen-bond donors (Lipinski definition) is 1. The molecule has 2 aromatic rings. The molecule has 0 radical (unpaired) electrons. The van der Waals surface area contributed by atoms with Crippen LogP contribution in [0.15, 0.2) is 42.5 Å². The molecule has 0 aromatic heterocycles. The summed E-state index contributed by atoms with van der Waals surface area (Å²) in [5.41, 5.74) is 2.33. The van der Waals surface area contributed by atoms with E-state index < -0.39 is 5.97 Å². The molecule has 0 fully saturated rings. The Bertz CT molecular complexity index is 728. The lowest BCUT2D eigenvalue weighted by Gasteiger charge is -2.09. The smallest absolute Gasteiger partial charge is 0.337 e. The minimum absolute atomic E-state index is 0.122. The molecule has 6 heteroatoms. The topological polar surface area (TPSA) is 64.6 Å². The Labute approximate surface area is 145 Å². The Morgan fingerprint density at radius 3 is 2.50 bits per heavy atom. The quantitative estimate of drug-likeness (QED) is 0.815. The molecule has 0 saturated carbocycles. The van der Waals surface area contributed by atoms with Crippen LogP contribution in [-0.4, -0.2) is 25.6 Å². The number of ether oxygens (including phenoxy) is 2. The van der Waals surface area contributed by atoms with E-state index in [1.54, 1.807) is 36.4 Å². The van der Waals surface area contributed by atoms with Gasteiger partial charge in [-0.25, -0.2) is 4.79 Å². The minimum atomic E-state index is -0.394. The van der Waals surface area contributed by atoms with E-state index in [2.05, 4.69) is 10.1 Å². The number of esters is 1. The second-order valence-electron chi connectivity index (χ2n) is 5.19. The van der Waals surface area contributed by atoms with Crippen LogP contribution in [0.2, 0.25) is 5.02 Å². The molecular weight excluding hydrogens is 330 g/mol. The lowest BCUT2D eigenvalue weighted by atomic mass is 10.1. The Balaban J connectivity index is 1.82. The standard InChI is InChI=1S/C18H18ClNO4/c1-12-3-8-15(19)16(9-12)24-11-17(21)20-10-13-4-6-14(7-5-13)18(22)23-2/h3-9H,10-11H2,1-2H3,(H,20,21). The summed E-state index contributed by atoms with van der Waals surface area (Å²) in [5, 5.41) is 3.21. The second-order valence-corrected chi connectivity index (χ2v) is 5.59. The molecule has 126 valence electrons. The number of nitrogens with one attached hydrogen (secondary N) is 1. The maximum Gasteiger partial charge on any atom is 0.337 e. The van der Waals surface area contributed by atoms with E-state index in [4.69, 9.17) is 16.3 Å². The van der Waals surface area contributed by atoms with E-state index in [0.29, 0.717) is 22.9 Å². The van der Waals surface area contributed by atoms with Gasteiger partial charge >= 0.3 is 5.97 Å². The van der Waals surface area contributed by atoms with Crippen LogP contribution in [0.25, 0.3) is 0 Å². The number of hydrogen-bond acceptors (Lipinski definition) is 4. The van der Waals surface area contributed by atoms with E-state index in [1.165, 1.54) is 7.11 Å². The van der Waals surface area contributed by atoms with Gasteiger partial charge in [0.15, 0.2) is 6.61 Å². The molecule has 0 spiro atoms. The van der Waals surface area contributed by atoms with Gasteiger partial charge in [-0.1, -0.05) is 29.8 Å². The molecule has 0 atom stereocenters. The van der Waals surface area contributed by atoms with Crippen LogP contribution in [0, 0.1) is 6.92 Å². The third kappa shape index (κ3) is 4.99. The van der Waals surface area contributed by atoms with Crippen molar-refractivity contribution in [2.75, 3.05) is 13.7 Å². The monoisotopic (exact) mass is 347 g/mol. The summed E-state index contributed by atoms with van der Waals surface area (Å²) in [6.07, 6.45) is 0. The minimum Gasteiger partial charge on any atom is -0.482 e. The van der Waals surface area contributed by atoms with Crippen molar-refractivity contribution >= 4 is 23.5 Å². The number of methoxy groups -OCH3 is 1. The first-order chi connectivity index (χ1) is 11.5. The van der Waals surface area contributed by atoms with E-state index in [1.807, 2.05) is 13.0 Å². The summed E-state index contributed by atoms with van der Waals surface area (Å²) >= 11 is 6.01. The molecule has 0 bridgehead atoms. The maximum atomic E-state index is 11.9. The van der Waals surface area contributed by atoms with Gasteiger partial charge in [0, 0.05) is 6.54 Å². The number of amides is 1. The first kappa shape index (κ1) is 17.8. The lowest BCUT2D eigenvalue weighted by Crippen LogP contribution is -2.28. The van der Waals surface area contributed by atoms with Crippen molar-refractivity contribution in [2.24, 2.45) is 0 Å². The van der Waals surface area contributed by atoms with Crippen molar-refractivity contribution in [1.82, 2.24) is 5.32 Å². The van der Waals surface area contributed by atoms with Crippen LogP contribution in [0.3, 0.4) is 0 Å². The molecule has 1 N–H and O–H groups in total. The normalized spacial score (nSPS) is 10.1. The van der Waals surface area contributed by atoms with Crippen LogP contribution in [0.1, 0.15) is 21.5 Å². The predicted octanol–water partition coefficient (Wildman–Crippen LogP) is 3.13. The SMILES string of the molecule is COC(=O)c1ccc(CNC(=O)COc2cc(C)ccc2Cl)cc1.